The molecule has 9 nitrogen and oxygen atoms in total. The van der Waals surface area contributed by atoms with Crippen LogP contribution in [0.25, 0.3) is 0 Å². The fraction of sp³-hybridized carbons (Fsp3) is 0.263. The van der Waals surface area contributed by atoms with Crippen molar-refractivity contribution in [2.45, 2.75) is 26.9 Å². The number of aromatic nitrogens is 1. The quantitative estimate of drug-likeness (QED) is 0.444. The number of imide groups is 1. The summed E-state index contributed by atoms with van der Waals surface area (Å²) in [4.78, 5) is 31.9. The van der Waals surface area contributed by atoms with E-state index in [1.165, 1.54) is 17.3 Å². The normalized spacial score (nSPS) is 15.3. The van der Waals surface area contributed by atoms with Crippen molar-refractivity contribution in [3.8, 4) is 0 Å². The lowest BCUT2D eigenvalue weighted by molar-refractivity contribution is -0.123. The smallest absolute Gasteiger partial charge is 0.332 e. The van der Waals surface area contributed by atoms with E-state index in [4.69, 9.17) is 16.0 Å². The van der Waals surface area contributed by atoms with E-state index in [1.54, 1.807) is 13.0 Å². The molecule has 2 aromatic rings. The van der Waals surface area contributed by atoms with Crippen LogP contribution < -0.4 is 11.5 Å². The third kappa shape index (κ3) is 3.73. The molecule has 1 fully saturated rings. The molecule has 146 valence electrons. The average molecular weight is 382 g/mol. The number of allylic oxidation sites excluding steroid dienone is 1. The van der Waals surface area contributed by atoms with Crippen LogP contribution in [0.5, 0.6) is 0 Å². The molecule has 0 aliphatic carbocycles. The molecule has 1 aliphatic rings. The third-order valence-corrected chi connectivity index (χ3v) is 4.54. The number of nitrogens with two attached hydrogens (primary N) is 2. The first-order valence-electron chi connectivity index (χ1n) is 8.71. The highest BCUT2D eigenvalue weighted by Crippen LogP contribution is 2.21. The van der Waals surface area contributed by atoms with Gasteiger partial charge in [0.05, 0.1) is 24.5 Å². The number of aliphatic imine (C=N–C) groups is 1. The van der Waals surface area contributed by atoms with Gasteiger partial charge in [-0.3, -0.25) is 9.79 Å². The van der Waals surface area contributed by atoms with Gasteiger partial charge >= 0.3 is 6.03 Å². The summed E-state index contributed by atoms with van der Waals surface area (Å²) < 4.78 is 5.09. The van der Waals surface area contributed by atoms with E-state index in [2.05, 4.69) is 10.1 Å². The Morgan fingerprint density at radius 2 is 2.07 bits per heavy atom. The van der Waals surface area contributed by atoms with Gasteiger partial charge < -0.3 is 20.9 Å². The predicted octanol–water partition coefficient (Wildman–Crippen LogP) is 1.71. The second kappa shape index (κ2) is 7.95. The number of rotatable bonds is 6. The molecule has 3 amide bonds. The van der Waals surface area contributed by atoms with Crippen LogP contribution in [0.1, 0.15) is 22.6 Å². The standard InChI is InChI=1S/C19H22N6O3/c1-12-16(13(2)28-23-12)9-22-8-15(7-20)25-18(26)11-24(19(25)27)10-14-5-3-4-6-17(14)21/h3-8H,9-11,20-21H2,1-2H3. The Morgan fingerprint density at radius 3 is 2.71 bits per heavy atom. The van der Waals surface area contributed by atoms with Crippen LogP contribution in [0, 0.1) is 13.8 Å². The number of urea groups is 1. The maximum absolute atomic E-state index is 12.7. The minimum atomic E-state index is -0.464. The number of anilines is 1. The SMILES string of the molecule is Cc1noc(C)c1CN=CC(=CN)N1C(=O)CN(Cc2ccccc2N)C1=O. The lowest BCUT2D eigenvalue weighted by atomic mass is 10.2. The van der Waals surface area contributed by atoms with E-state index in [0.717, 1.165) is 21.7 Å². The molecule has 28 heavy (non-hydrogen) atoms. The van der Waals surface area contributed by atoms with E-state index in [9.17, 15) is 9.59 Å². The largest absolute Gasteiger partial charge is 0.403 e. The Bertz CT molecular complexity index is 943. The number of amides is 3. The number of nitrogens with zero attached hydrogens (tertiary/aromatic N) is 4. The van der Waals surface area contributed by atoms with Gasteiger partial charge in [-0.1, -0.05) is 23.4 Å². The zero-order chi connectivity index (χ0) is 20.3. The number of benzene rings is 1. The summed E-state index contributed by atoms with van der Waals surface area (Å²) in [6.07, 6.45) is 2.59. The second-order valence-corrected chi connectivity index (χ2v) is 6.43. The van der Waals surface area contributed by atoms with Gasteiger partial charge in [0, 0.05) is 23.7 Å². The topological polar surface area (TPSA) is 131 Å². The van der Waals surface area contributed by atoms with E-state index in [1.807, 2.05) is 25.1 Å². The second-order valence-electron chi connectivity index (χ2n) is 6.43. The van der Waals surface area contributed by atoms with Gasteiger partial charge in [0.1, 0.15) is 12.3 Å². The van der Waals surface area contributed by atoms with E-state index in [-0.39, 0.29) is 24.7 Å². The van der Waals surface area contributed by atoms with Crippen molar-refractivity contribution < 1.29 is 14.1 Å². The van der Waals surface area contributed by atoms with Crippen LogP contribution in [-0.2, 0) is 17.9 Å². The molecule has 1 aromatic heterocycles. The van der Waals surface area contributed by atoms with Crippen molar-refractivity contribution >= 4 is 23.8 Å². The van der Waals surface area contributed by atoms with Crippen molar-refractivity contribution in [3.63, 3.8) is 0 Å². The Balaban J connectivity index is 1.72. The van der Waals surface area contributed by atoms with Crippen molar-refractivity contribution in [1.29, 1.82) is 0 Å². The molecule has 3 rings (SSSR count). The molecule has 1 aromatic carbocycles. The van der Waals surface area contributed by atoms with Gasteiger partial charge in [-0.05, 0) is 25.5 Å². The van der Waals surface area contributed by atoms with Crippen molar-refractivity contribution in [3.05, 3.63) is 58.7 Å². The van der Waals surface area contributed by atoms with Crippen LogP contribution in [0.3, 0.4) is 0 Å². The molecule has 2 heterocycles. The predicted molar refractivity (Wildman–Crippen MR) is 104 cm³/mol. The molecule has 9 heteroatoms. The summed E-state index contributed by atoms with van der Waals surface area (Å²) in [7, 11) is 0. The van der Waals surface area contributed by atoms with Crippen molar-refractivity contribution in [2.24, 2.45) is 10.7 Å². The lowest BCUT2D eigenvalue weighted by Crippen LogP contribution is -2.33. The minimum Gasteiger partial charge on any atom is -0.403 e. The molecular weight excluding hydrogens is 360 g/mol. The fourth-order valence-corrected chi connectivity index (χ4v) is 2.94. The summed E-state index contributed by atoms with van der Waals surface area (Å²) in [5.41, 5.74) is 14.7. The Kier molecular flexibility index (Phi) is 5.44. The molecule has 0 atom stereocenters. The number of carbonyl (C=O) groups is 2. The van der Waals surface area contributed by atoms with E-state index in [0.29, 0.717) is 18.0 Å². The molecule has 0 unspecified atom stereocenters. The lowest BCUT2D eigenvalue weighted by Gasteiger charge is -2.18. The van der Waals surface area contributed by atoms with Crippen LogP contribution in [-0.4, -0.2) is 39.7 Å². The summed E-state index contributed by atoms with van der Waals surface area (Å²) in [5.74, 6) is 0.299. The maximum atomic E-state index is 12.7. The molecule has 0 spiro atoms. The zero-order valence-electron chi connectivity index (χ0n) is 15.8. The van der Waals surface area contributed by atoms with Gasteiger partial charge in [-0.25, -0.2) is 9.69 Å². The Hall–Kier alpha value is -3.62. The summed E-state index contributed by atoms with van der Waals surface area (Å²) in [6, 6.07) is 6.75. The van der Waals surface area contributed by atoms with E-state index < -0.39 is 6.03 Å². The van der Waals surface area contributed by atoms with Crippen LogP contribution in [0.2, 0.25) is 0 Å². The fourth-order valence-electron chi connectivity index (χ4n) is 2.94. The molecule has 0 bridgehead atoms. The number of hydrogen-bond donors (Lipinski definition) is 2. The van der Waals surface area contributed by atoms with Crippen LogP contribution in [0.15, 0.2) is 45.7 Å². The van der Waals surface area contributed by atoms with Crippen molar-refractivity contribution in [1.82, 2.24) is 15.0 Å². The number of hydrogen-bond acceptors (Lipinski definition) is 7. The Morgan fingerprint density at radius 1 is 1.32 bits per heavy atom. The number of aryl methyl sites for hydroxylation is 2. The van der Waals surface area contributed by atoms with Crippen LogP contribution >= 0.6 is 0 Å². The summed E-state index contributed by atoms with van der Waals surface area (Å²) in [5, 5.41) is 3.87. The average Bonchev–Trinajstić information content (AvgIpc) is 3.13. The van der Waals surface area contributed by atoms with Gasteiger partial charge in [0.15, 0.2) is 0 Å². The summed E-state index contributed by atoms with van der Waals surface area (Å²) >= 11 is 0. The first-order chi connectivity index (χ1) is 13.4. The first kappa shape index (κ1) is 19.2. The minimum absolute atomic E-state index is 0.0534. The van der Waals surface area contributed by atoms with E-state index >= 15 is 0 Å². The summed E-state index contributed by atoms with van der Waals surface area (Å²) in [6.45, 7) is 4.11. The molecule has 4 N–H and O–H groups in total. The molecule has 1 saturated heterocycles. The first-order valence-corrected chi connectivity index (χ1v) is 8.71. The van der Waals surface area contributed by atoms with Gasteiger partial charge in [-0.2, -0.15) is 0 Å². The molecule has 0 radical (unpaired) electrons. The maximum Gasteiger partial charge on any atom is 0.332 e. The monoisotopic (exact) mass is 382 g/mol. The number of carbonyl (C=O) groups excluding carboxylic acids is 2. The highest BCUT2D eigenvalue weighted by molar-refractivity contribution is 6.07. The molecule has 0 saturated carbocycles. The van der Waals surface area contributed by atoms with Gasteiger partial charge in [0.2, 0.25) is 0 Å². The highest BCUT2D eigenvalue weighted by atomic mass is 16.5. The zero-order valence-corrected chi connectivity index (χ0v) is 15.8. The van der Waals surface area contributed by atoms with Gasteiger partial charge in [-0.15, -0.1) is 0 Å². The number of para-hydroxylation sites is 1. The number of nitrogen functional groups attached to an aromatic ring is 1. The Labute approximate surface area is 162 Å². The molecular formula is C19H22N6O3. The van der Waals surface area contributed by atoms with Crippen LogP contribution in [0.4, 0.5) is 10.5 Å². The van der Waals surface area contributed by atoms with Gasteiger partial charge in [0.25, 0.3) is 5.91 Å². The third-order valence-electron chi connectivity index (χ3n) is 4.54. The molecule has 1 aliphatic heterocycles. The highest BCUT2D eigenvalue weighted by Gasteiger charge is 2.37. The van der Waals surface area contributed by atoms with Crippen molar-refractivity contribution in [2.75, 3.05) is 12.3 Å².